The molecule has 4 rings (SSSR count). The van der Waals surface area contributed by atoms with Gasteiger partial charge in [-0.3, -0.25) is 0 Å². The summed E-state index contributed by atoms with van der Waals surface area (Å²) in [5, 5.41) is 0. The molecule has 0 radical (unpaired) electrons. The molecular formula is C50H80Cl6Zr3+2. The molecule has 0 spiro atoms. The van der Waals surface area contributed by atoms with Gasteiger partial charge < -0.3 is 74.4 Å². The van der Waals surface area contributed by atoms with E-state index in [-0.39, 0.29) is 153 Å². The normalized spacial score (nSPS) is 9.02. The van der Waals surface area contributed by atoms with Gasteiger partial charge in [0.05, 0.1) is 0 Å². The fraction of sp³-hybridized carbons (Fsp3) is 0.600. The van der Waals surface area contributed by atoms with Crippen LogP contribution in [0.15, 0.2) is 48.5 Å². The molecular weight excluding hydrogens is 1090 g/mol. The molecule has 0 N–H and O–H groups in total. The summed E-state index contributed by atoms with van der Waals surface area (Å²) in [4.78, 5) is 0. The minimum absolute atomic E-state index is 0. The van der Waals surface area contributed by atoms with Crippen LogP contribution in [0.5, 0.6) is 0 Å². The second-order valence-electron chi connectivity index (χ2n) is 14.2. The van der Waals surface area contributed by atoms with Crippen molar-refractivity contribution in [3.8, 4) is 0 Å². The molecule has 9 heteroatoms. The summed E-state index contributed by atoms with van der Waals surface area (Å²) >= 11 is 0. The van der Waals surface area contributed by atoms with Crippen LogP contribution in [0.3, 0.4) is 0 Å². The van der Waals surface area contributed by atoms with Crippen molar-refractivity contribution < 1.29 is 153 Å². The number of hydrogen-bond donors (Lipinski definition) is 0. The summed E-state index contributed by atoms with van der Waals surface area (Å²) in [6, 6.07) is 19.1. The van der Waals surface area contributed by atoms with E-state index in [0.717, 1.165) is 0 Å². The van der Waals surface area contributed by atoms with Crippen molar-refractivity contribution in [1.29, 1.82) is 0 Å². The summed E-state index contributed by atoms with van der Waals surface area (Å²) in [6.07, 6.45) is 22.3. The van der Waals surface area contributed by atoms with E-state index in [1.807, 2.05) is 0 Å². The maximum Gasteiger partial charge on any atom is 4.00 e. The fourth-order valence-corrected chi connectivity index (χ4v) is 7.25. The van der Waals surface area contributed by atoms with Crippen molar-refractivity contribution in [1.82, 2.24) is 0 Å². The van der Waals surface area contributed by atoms with Gasteiger partial charge in [-0.1, -0.05) is 199 Å². The topological polar surface area (TPSA) is 0 Å². The molecule has 0 nitrogen and oxygen atoms in total. The second-order valence-corrected chi connectivity index (χ2v) is 14.2. The van der Waals surface area contributed by atoms with Crippen molar-refractivity contribution in [2.45, 2.75) is 199 Å². The Morgan fingerprint density at radius 2 is 0.508 bits per heavy atom. The zero-order chi connectivity index (χ0) is 37.3. The van der Waals surface area contributed by atoms with Gasteiger partial charge in [0.25, 0.3) is 0 Å². The van der Waals surface area contributed by atoms with Gasteiger partial charge in [0.2, 0.25) is 0 Å². The van der Waals surface area contributed by atoms with Crippen LogP contribution in [0.25, 0.3) is 0 Å². The van der Waals surface area contributed by atoms with E-state index in [4.69, 9.17) is 0 Å². The molecule has 0 heterocycles. The van der Waals surface area contributed by atoms with Gasteiger partial charge in [-0.15, -0.1) is 0 Å². The second kappa shape index (κ2) is 50.8. The molecule has 0 fully saturated rings. The average Bonchev–Trinajstić information content (AvgIpc) is 3.94. The third kappa shape index (κ3) is 31.4. The molecule has 0 aliphatic rings. The predicted octanol–water partition coefficient (Wildman–Crippen LogP) is -3.27. The molecule has 0 atom stereocenters. The maximum absolute atomic E-state index is 2.40. The Hall–Kier alpha value is 1.79. The summed E-state index contributed by atoms with van der Waals surface area (Å²) in [6.45, 7) is 26.9. The van der Waals surface area contributed by atoms with Gasteiger partial charge in [0.1, 0.15) is 0 Å². The minimum atomic E-state index is 0. The monoisotopic (exact) mass is 1160 g/mol. The van der Waals surface area contributed by atoms with Gasteiger partial charge in [-0.05, 0) is 0 Å². The van der Waals surface area contributed by atoms with Crippen LogP contribution < -0.4 is 74.4 Å². The van der Waals surface area contributed by atoms with E-state index < -0.39 is 0 Å². The van der Waals surface area contributed by atoms with Crippen LogP contribution in [-0.2, 0) is 156 Å². The van der Waals surface area contributed by atoms with E-state index in [9.17, 15) is 0 Å². The summed E-state index contributed by atoms with van der Waals surface area (Å²) in [5.41, 5.74) is 18.6. The van der Waals surface area contributed by atoms with Crippen molar-refractivity contribution in [3.63, 3.8) is 0 Å². The van der Waals surface area contributed by atoms with E-state index in [0.29, 0.717) is 0 Å². The summed E-state index contributed by atoms with van der Waals surface area (Å²) < 4.78 is 0. The molecule has 332 valence electrons. The Morgan fingerprint density at radius 1 is 0.305 bits per heavy atom. The quantitative estimate of drug-likeness (QED) is 0.0921. The van der Waals surface area contributed by atoms with Crippen molar-refractivity contribution in [3.05, 3.63) is 115 Å². The van der Waals surface area contributed by atoms with E-state index in [1.165, 1.54) is 127 Å². The zero-order valence-electron chi connectivity index (χ0n) is 39.1. The van der Waals surface area contributed by atoms with Crippen LogP contribution in [0.4, 0.5) is 0 Å². The van der Waals surface area contributed by atoms with Crippen LogP contribution >= 0.6 is 0 Å². The maximum atomic E-state index is 2.40. The van der Waals surface area contributed by atoms with Crippen LogP contribution in [0.2, 0.25) is 0 Å². The molecule has 0 aliphatic carbocycles. The average molecular weight is 1170 g/mol. The van der Waals surface area contributed by atoms with Gasteiger partial charge in [-0.25, -0.2) is 24.3 Å². The van der Waals surface area contributed by atoms with E-state index in [2.05, 4.69) is 132 Å². The molecule has 0 saturated carbocycles. The Bertz CT molecular complexity index is 1220. The number of aryl methyl sites for hydroxylation is 12. The molecule has 59 heavy (non-hydrogen) atoms. The molecule has 4 aromatic rings. The predicted molar refractivity (Wildman–Crippen MR) is 228 cm³/mol. The Kier molecular flexibility index (Phi) is 69.7. The van der Waals surface area contributed by atoms with Crippen LogP contribution in [0, 0.1) is 0 Å². The van der Waals surface area contributed by atoms with Crippen molar-refractivity contribution in [2.24, 2.45) is 0 Å². The largest absolute Gasteiger partial charge is 4.00 e. The minimum Gasteiger partial charge on any atom is -1.00 e. The zero-order valence-corrected chi connectivity index (χ0v) is 51.0. The molecule has 4 aromatic carbocycles. The molecule has 0 bridgehead atoms. The number of hydrogen-bond acceptors (Lipinski definition) is 0. The van der Waals surface area contributed by atoms with Crippen LogP contribution in [0.1, 0.15) is 188 Å². The molecule has 0 amide bonds. The molecule has 0 aromatic heterocycles. The number of halogens is 6. The fourth-order valence-electron chi connectivity index (χ4n) is 7.25. The first kappa shape index (κ1) is 81.0. The van der Waals surface area contributed by atoms with Crippen LogP contribution in [-0.4, -0.2) is 0 Å². The standard InChI is InChI=1S/2C13H21.2C12H19.6ClH.3Zr/c2*1-4-7-8-11-9-12(5-2)13(6-3)10-11;2*1-4-7-10-8-11(5-2)12(6-3)9-10;;;;;;;;;/h2*9-10H,4-8H2,1-3H3;2*8-9H,4-7H2,1-3H3;6*1H;;;/q4*-1;;;;;;;3*+4/p-6. The van der Waals surface area contributed by atoms with Gasteiger partial charge >= 0.3 is 78.6 Å². The van der Waals surface area contributed by atoms with E-state index >= 15 is 0 Å². The Morgan fingerprint density at radius 3 is 0.644 bits per heavy atom. The molecule has 0 unspecified atom stereocenters. The molecule has 0 aliphatic heterocycles. The number of rotatable bonds is 18. The SMILES string of the molecule is CCCCc1cc(CC)[c-](CC)c1.CCCCc1cc(CC)[c-](CC)c1.CCCc1cc(CC)[c-](CC)c1.CCCc1cc(CC)[c-](CC)c1.[Cl-].[Cl-].[Cl-].[Cl-].[Cl-].[Cl-].[Zr+4].[Zr+4].[Zr+4]. The summed E-state index contributed by atoms with van der Waals surface area (Å²) in [5.74, 6) is 0. The third-order valence-electron chi connectivity index (χ3n) is 10.3. The van der Waals surface area contributed by atoms with Gasteiger partial charge in [0, 0.05) is 0 Å². The first-order chi connectivity index (χ1) is 24.2. The first-order valence-electron chi connectivity index (χ1n) is 21.3. The van der Waals surface area contributed by atoms with Gasteiger partial charge in [-0.2, -0.15) is 91.0 Å². The number of unbranched alkanes of at least 4 members (excludes halogenated alkanes) is 2. The smallest absolute Gasteiger partial charge is 1.00 e. The van der Waals surface area contributed by atoms with Crippen molar-refractivity contribution in [2.75, 3.05) is 0 Å². The van der Waals surface area contributed by atoms with E-state index in [1.54, 1.807) is 55.6 Å². The first-order valence-corrected chi connectivity index (χ1v) is 21.3. The Balaban J connectivity index is -0.0000000768. The Labute approximate surface area is 461 Å². The summed E-state index contributed by atoms with van der Waals surface area (Å²) in [7, 11) is 0. The molecule has 0 saturated heterocycles. The third-order valence-corrected chi connectivity index (χ3v) is 10.3. The van der Waals surface area contributed by atoms with Crippen molar-refractivity contribution >= 4 is 0 Å². The van der Waals surface area contributed by atoms with Gasteiger partial charge in [0.15, 0.2) is 0 Å².